The Bertz CT molecular complexity index is 1570. The van der Waals surface area contributed by atoms with E-state index in [9.17, 15) is 14.9 Å². The van der Waals surface area contributed by atoms with Crippen molar-refractivity contribution in [2.75, 3.05) is 0 Å². The molecule has 7 nitrogen and oxygen atoms in total. The number of aryl methyl sites for hydroxylation is 2. The third-order valence-corrected chi connectivity index (χ3v) is 6.57. The van der Waals surface area contributed by atoms with Gasteiger partial charge in [0.2, 0.25) is 0 Å². The van der Waals surface area contributed by atoms with Crippen molar-refractivity contribution < 1.29 is 9.72 Å². The van der Waals surface area contributed by atoms with Gasteiger partial charge in [-0.1, -0.05) is 78.9 Å². The summed E-state index contributed by atoms with van der Waals surface area (Å²) in [5.74, 6) is -0.350. The molecule has 0 aliphatic rings. The lowest BCUT2D eigenvalue weighted by molar-refractivity contribution is -0.384. The van der Waals surface area contributed by atoms with Crippen molar-refractivity contribution in [1.82, 2.24) is 15.1 Å². The molecule has 0 unspecified atom stereocenters. The molecule has 0 saturated heterocycles. The number of amides is 1. The summed E-state index contributed by atoms with van der Waals surface area (Å²) in [5, 5.41) is 19.3. The summed E-state index contributed by atoms with van der Waals surface area (Å²) in [4.78, 5) is 24.9. The fourth-order valence-electron chi connectivity index (χ4n) is 4.37. The molecule has 1 N–H and O–H groups in total. The highest BCUT2D eigenvalue weighted by atomic mass is 16.6. The van der Waals surface area contributed by atoms with E-state index in [0.717, 1.165) is 27.8 Å². The third-order valence-electron chi connectivity index (χ3n) is 6.57. The van der Waals surface area contributed by atoms with Crippen LogP contribution in [0.25, 0.3) is 16.9 Å². The van der Waals surface area contributed by atoms with E-state index >= 15 is 0 Å². The van der Waals surface area contributed by atoms with E-state index in [1.54, 1.807) is 18.2 Å². The van der Waals surface area contributed by atoms with E-state index in [-0.39, 0.29) is 17.3 Å². The van der Waals surface area contributed by atoms with Crippen molar-refractivity contribution in [1.29, 1.82) is 0 Å². The van der Waals surface area contributed by atoms with E-state index in [4.69, 9.17) is 5.10 Å². The highest BCUT2D eigenvalue weighted by molar-refractivity contribution is 5.95. The van der Waals surface area contributed by atoms with E-state index < -0.39 is 11.0 Å². The maximum Gasteiger partial charge on any atom is 0.271 e. The number of non-ortho nitro benzene ring substituents is 1. The van der Waals surface area contributed by atoms with Gasteiger partial charge in [-0.05, 0) is 54.3 Å². The molecular weight excluding hydrogens is 476 g/mol. The van der Waals surface area contributed by atoms with Crippen LogP contribution in [-0.4, -0.2) is 20.6 Å². The van der Waals surface area contributed by atoms with Gasteiger partial charge in [-0.25, -0.2) is 4.68 Å². The summed E-state index contributed by atoms with van der Waals surface area (Å²) in [7, 11) is 0. The second-order valence-corrected chi connectivity index (χ2v) is 9.13. The SMILES string of the molecule is Cc1ccc(-c2cc(C(=O)NC(c3ccccc3)c3ccccc3)n(-c3cccc([N+](=O)[O-])c3)n2)cc1C. The molecule has 1 heterocycles. The average Bonchev–Trinajstić information content (AvgIpc) is 3.40. The number of hydrogen-bond donors (Lipinski definition) is 1. The second-order valence-electron chi connectivity index (χ2n) is 9.13. The minimum absolute atomic E-state index is 0.0801. The third kappa shape index (κ3) is 5.08. The lowest BCUT2D eigenvalue weighted by atomic mass is 9.98. The molecule has 1 aromatic heterocycles. The van der Waals surface area contributed by atoms with Gasteiger partial charge in [0.25, 0.3) is 11.6 Å². The zero-order chi connectivity index (χ0) is 26.6. The van der Waals surface area contributed by atoms with Gasteiger partial charge in [0, 0.05) is 17.7 Å². The number of nitro groups is 1. The first-order valence-corrected chi connectivity index (χ1v) is 12.2. The van der Waals surface area contributed by atoms with Crippen LogP contribution in [0, 0.1) is 24.0 Å². The van der Waals surface area contributed by atoms with Gasteiger partial charge >= 0.3 is 0 Å². The van der Waals surface area contributed by atoms with Gasteiger partial charge in [0.05, 0.1) is 22.3 Å². The summed E-state index contributed by atoms with van der Waals surface area (Å²) in [6.07, 6.45) is 0. The van der Waals surface area contributed by atoms with Gasteiger partial charge in [-0.15, -0.1) is 0 Å². The number of carbonyl (C=O) groups excluding carboxylic acids is 1. The molecule has 1 amide bonds. The van der Waals surface area contributed by atoms with Gasteiger partial charge in [-0.3, -0.25) is 14.9 Å². The fraction of sp³-hybridized carbons (Fsp3) is 0.0968. The first-order chi connectivity index (χ1) is 18.4. The molecule has 0 aliphatic carbocycles. The standard InChI is InChI=1S/C31H26N4O3/c1-21-16-17-25(18-22(21)2)28-20-29(34(33-28)26-14-9-15-27(19-26)35(37)38)31(36)32-30(23-10-5-3-6-11-23)24-12-7-4-8-13-24/h3-20,30H,1-2H3,(H,32,36). The van der Waals surface area contributed by atoms with Crippen molar-refractivity contribution in [3.05, 3.63) is 147 Å². The molecule has 0 spiro atoms. The summed E-state index contributed by atoms with van der Waals surface area (Å²) < 4.78 is 1.47. The zero-order valence-corrected chi connectivity index (χ0v) is 21.0. The van der Waals surface area contributed by atoms with Gasteiger partial charge < -0.3 is 5.32 Å². The predicted octanol–water partition coefficient (Wildman–Crippen LogP) is 6.58. The van der Waals surface area contributed by atoms with Crippen LogP contribution in [0.15, 0.2) is 109 Å². The molecule has 7 heteroatoms. The number of nitro benzene ring substituents is 1. The minimum Gasteiger partial charge on any atom is -0.340 e. The smallest absolute Gasteiger partial charge is 0.271 e. The second kappa shape index (κ2) is 10.5. The van der Waals surface area contributed by atoms with Crippen LogP contribution in [0.1, 0.15) is 38.8 Å². The number of nitrogens with one attached hydrogen (secondary N) is 1. The lowest BCUT2D eigenvalue weighted by Gasteiger charge is -2.20. The Morgan fingerprint density at radius 2 is 1.47 bits per heavy atom. The van der Waals surface area contributed by atoms with Crippen LogP contribution in [0.3, 0.4) is 0 Å². The van der Waals surface area contributed by atoms with E-state index in [1.807, 2.05) is 92.7 Å². The predicted molar refractivity (Wildman–Crippen MR) is 147 cm³/mol. The van der Waals surface area contributed by atoms with E-state index in [0.29, 0.717) is 11.4 Å². The summed E-state index contributed by atoms with van der Waals surface area (Å²) in [6, 6.07) is 32.9. The van der Waals surface area contributed by atoms with Gasteiger partial charge in [0.15, 0.2) is 0 Å². The molecule has 4 aromatic carbocycles. The first kappa shape index (κ1) is 24.6. The minimum atomic E-state index is -0.460. The Balaban J connectivity index is 1.61. The van der Waals surface area contributed by atoms with Crippen LogP contribution < -0.4 is 5.32 Å². The number of benzene rings is 4. The molecule has 0 saturated carbocycles. The van der Waals surface area contributed by atoms with Crippen molar-refractivity contribution in [2.45, 2.75) is 19.9 Å². The van der Waals surface area contributed by atoms with E-state index in [2.05, 4.69) is 5.32 Å². The van der Waals surface area contributed by atoms with Crippen molar-refractivity contribution in [3.63, 3.8) is 0 Å². The molecule has 5 rings (SSSR count). The number of carbonyl (C=O) groups is 1. The van der Waals surface area contributed by atoms with Crippen molar-refractivity contribution in [3.8, 4) is 16.9 Å². The number of aromatic nitrogens is 2. The first-order valence-electron chi connectivity index (χ1n) is 12.2. The summed E-state index contributed by atoms with van der Waals surface area (Å²) >= 11 is 0. The molecule has 0 atom stereocenters. The normalized spacial score (nSPS) is 10.9. The number of hydrogen-bond acceptors (Lipinski definition) is 4. The Kier molecular flexibility index (Phi) is 6.82. The highest BCUT2D eigenvalue weighted by Gasteiger charge is 2.23. The lowest BCUT2D eigenvalue weighted by Crippen LogP contribution is -2.31. The van der Waals surface area contributed by atoms with Gasteiger partial charge in [-0.2, -0.15) is 5.10 Å². The Hall–Kier alpha value is -5.04. The quantitative estimate of drug-likeness (QED) is 0.201. The van der Waals surface area contributed by atoms with Crippen LogP contribution in [0.4, 0.5) is 5.69 Å². The Labute approximate surface area is 220 Å². The summed E-state index contributed by atoms with van der Waals surface area (Å²) in [6.45, 7) is 4.06. The maximum atomic E-state index is 13.9. The van der Waals surface area contributed by atoms with Crippen LogP contribution >= 0.6 is 0 Å². The molecular formula is C31H26N4O3. The summed E-state index contributed by atoms with van der Waals surface area (Å²) in [5.41, 5.74) is 6.19. The van der Waals surface area contributed by atoms with Gasteiger partial charge in [0.1, 0.15) is 5.69 Å². The number of rotatable bonds is 7. The molecule has 0 aliphatic heterocycles. The topological polar surface area (TPSA) is 90.1 Å². The molecule has 5 aromatic rings. The maximum absolute atomic E-state index is 13.9. The average molecular weight is 503 g/mol. The largest absolute Gasteiger partial charge is 0.340 e. The molecule has 188 valence electrons. The van der Waals surface area contributed by atoms with Crippen LogP contribution in [0.5, 0.6) is 0 Å². The van der Waals surface area contributed by atoms with E-state index in [1.165, 1.54) is 16.8 Å². The zero-order valence-electron chi connectivity index (χ0n) is 21.0. The number of nitrogens with zero attached hydrogens (tertiary/aromatic N) is 3. The Morgan fingerprint density at radius 3 is 2.08 bits per heavy atom. The molecule has 38 heavy (non-hydrogen) atoms. The van der Waals surface area contributed by atoms with Crippen molar-refractivity contribution >= 4 is 11.6 Å². The fourth-order valence-corrected chi connectivity index (χ4v) is 4.37. The monoisotopic (exact) mass is 502 g/mol. The van der Waals surface area contributed by atoms with Crippen molar-refractivity contribution in [2.24, 2.45) is 0 Å². The van der Waals surface area contributed by atoms with Crippen LogP contribution in [-0.2, 0) is 0 Å². The molecule has 0 fully saturated rings. The highest BCUT2D eigenvalue weighted by Crippen LogP contribution is 2.27. The molecule has 0 bridgehead atoms. The van der Waals surface area contributed by atoms with Crippen LogP contribution in [0.2, 0.25) is 0 Å². The molecule has 0 radical (unpaired) electrons. The Morgan fingerprint density at radius 1 is 0.816 bits per heavy atom.